The van der Waals surface area contributed by atoms with Crippen LogP contribution in [0, 0.1) is 0 Å². The van der Waals surface area contributed by atoms with Gasteiger partial charge in [-0.1, -0.05) is 66.8 Å². The van der Waals surface area contributed by atoms with Crippen molar-refractivity contribution in [1.82, 2.24) is 0 Å². The van der Waals surface area contributed by atoms with Gasteiger partial charge in [-0.3, -0.25) is 0 Å². The number of benzene rings is 3. The van der Waals surface area contributed by atoms with Crippen molar-refractivity contribution in [2.45, 2.75) is 0 Å². The van der Waals surface area contributed by atoms with Crippen LogP contribution >= 0.6 is 0 Å². The van der Waals surface area contributed by atoms with E-state index in [-0.39, 0.29) is 17.5 Å². The summed E-state index contributed by atoms with van der Waals surface area (Å²) in [5.41, 5.74) is 4.39. The van der Waals surface area contributed by atoms with Crippen LogP contribution in [0.3, 0.4) is 0 Å². The summed E-state index contributed by atoms with van der Waals surface area (Å²) in [5, 5.41) is 18.9. The third-order valence-electron chi connectivity index (χ3n) is 4.20. The lowest BCUT2D eigenvalue weighted by Gasteiger charge is -2.00. The zero-order valence-electron chi connectivity index (χ0n) is 15.4. The predicted molar refractivity (Wildman–Crippen MR) is 112 cm³/mol. The second-order valence-corrected chi connectivity index (χ2v) is 6.20. The molecule has 0 atom stereocenters. The SMILES string of the molecule is COC(=O)c1ccc(/C=C/c2ccc(/C=C/c3ccc(O)c(O)c3)cc2)cc1. The molecule has 0 aliphatic heterocycles. The van der Waals surface area contributed by atoms with Crippen molar-refractivity contribution in [3.63, 3.8) is 0 Å². The Morgan fingerprint density at radius 3 is 1.57 bits per heavy atom. The van der Waals surface area contributed by atoms with Gasteiger partial charge in [-0.25, -0.2) is 4.79 Å². The summed E-state index contributed by atoms with van der Waals surface area (Å²) in [6.45, 7) is 0. The summed E-state index contributed by atoms with van der Waals surface area (Å²) >= 11 is 0. The molecule has 0 unspecified atom stereocenters. The maximum absolute atomic E-state index is 11.4. The van der Waals surface area contributed by atoms with Crippen molar-refractivity contribution in [3.8, 4) is 11.5 Å². The molecule has 140 valence electrons. The van der Waals surface area contributed by atoms with E-state index in [1.807, 2.05) is 60.7 Å². The van der Waals surface area contributed by atoms with E-state index in [0.29, 0.717) is 5.56 Å². The lowest BCUT2D eigenvalue weighted by atomic mass is 10.1. The van der Waals surface area contributed by atoms with Gasteiger partial charge in [-0.15, -0.1) is 0 Å². The number of aromatic hydroxyl groups is 2. The van der Waals surface area contributed by atoms with E-state index >= 15 is 0 Å². The molecule has 0 heterocycles. The predicted octanol–water partition coefficient (Wildman–Crippen LogP) is 5.23. The molecule has 0 aliphatic rings. The van der Waals surface area contributed by atoms with E-state index < -0.39 is 0 Å². The molecule has 0 aliphatic carbocycles. The molecule has 3 aromatic carbocycles. The molecule has 0 saturated heterocycles. The van der Waals surface area contributed by atoms with Crippen LogP contribution in [0.15, 0.2) is 66.7 Å². The monoisotopic (exact) mass is 372 g/mol. The van der Waals surface area contributed by atoms with Gasteiger partial charge in [0.1, 0.15) is 0 Å². The fraction of sp³-hybridized carbons (Fsp3) is 0.0417. The van der Waals surface area contributed by atoms with Crippen molar-refractivity contribution in [2.24, 2.45) is 0 Å². The number of phenols is 2. The van der Waals surface area contributed by atoms with Crippen LogP contribution in [0.1, 0.15) is 32.6 Å². The maximum atomic E-state index is 11.4. The molecule has 0 spiro atoms. The Morgan fingerprint density at radius 1 is 0.679 bits per heavy atom. The maximum Gasteiger partial charge on any atom is 0.337 e. The average Bonchev–Trinajstić information content (AvgIpc) is 2.73. The zero-order valence-corrected chi connectivity index (χ0v) is 15.4. The van der Waals surface area contributed by atoms with Crippen molar-refractivity contribution in [1.29, 1.82) is 0 Å². The first-order valence-corrected chi connectivity index (χ1v) is 8.72. The first kappa shape index (κ1) is 19.0. The van der Waals surface area contributed by atoms with E-state index in [0.717, 1.165) is 22.3 Å². The molecule has 4 nitrogen and oxygen atoms in total. The Bertz CT molecular complexity index is 1010. The highest BCUT2D eigenvalue weighted by molar-refractivity contribution is 5.89. The van der Waals surface area contributed by atoms with E-state index in [1.165, 1.54) is 19.2 Å². The van der Waals surface area contributed by atoms with Crippen LogP contribution in [0.5, 0.6) is 11.5 Å². The first-order chi connectivity index (χ1) is 13.5. The normalized spacial score (nSPS) is 11.2. The van der Waals surface area contributed by atoms with Gasteiger partial charge in [0, 0.05) is 0 Å². The molecule has 0 amide bonds. The second-order valence-electron chi connectivity index (χ2n) is 6.20. The molecule has 3 aromatic rings. The molecular weight excluding hydrogens is 352 g/mol. The molecular formula is C24H20O4. The summed E-state index contributed by atoms with van der Waals surface area (Å²) in [5.74, 6) is -0.614. The molecule has 0 saturated carbocycles. The Morgan fingerprint density at radius 2 is 1.11 bits per heavy atom. The number of hydrogen-bond acceptors (Lipinski definition) is 4. The van der Waals surface area contributed by atoms with Crippen LogP contribution in [0.25, 0.3) is 24.3 Å². The Labute approximate surface area is 163 Å². The average molecular weight is 372 g/mol. The molecule has 3 rings (SSSR count). The summed E-state index contributed by atoms with van der Waals surface area (Å²) in [6.07, 6.45) is 7.78. The van der Waals surface area contributed by atoms with Crippen LogP contribution in [-0.2, 0) is 4.74 Å². The van der Waals surface area contributed by atoms with Gasteiger partial charge in [-0.05, 0) is 46.5 Å². The largest absolute Gasteiger partial charge is 0.504 e. The molecule has 0 aromatic heterocycles. The number of methoxy groups -OCH3 is 1. The lowest BCUT2D eigenvalue weighted by molar-refractivity contribution is 0.0600. The van der Waals surface area contributed by atoms with Gasteiger partial charge in [0.05, 0.1) is 12.7 Å². The fourth-order valence-corrected chi connectivity index (χ4v) is 2.60. The standard InChI is InChI=1S/C24H20O4/c1-28-24(27)21-13-10-19(11-14-21)7-6-17-2-4-18(5-3-17)8-9-20-12-15-22(25)23(26)16-20/h2-16,25-26H,1H3/b7-6+,9-8+. The van der Waals surface area contributed by atoms with Crippen molar-refractivity contribution < 1.29 is 19.7 Å². The highest BCUT2D eigenvalue weighted by Crippen LogP contribution is 2.25. The highest BCUT2D eigenvalue weighted by Gasteiger charge is 2.03. The topological polar surface area (TPSA) is 66.8 Å². The Hall–Kier alpha value is -3.79. The number of carbonyl (C=O) groups is 1. The van der Waals surface area contributed by atoms with E-state index in [2.05, 4.69) is 4.74 Å². The smallest absolute Gasteiger partial charge is 0.337 e. The van der Waals surface area contributed by atoms with Gasteiger partial charge >= 0.3 is 5.97 Å². The number of carbonyl (C=O) groups excluding carboxylic acids is 1. The van der Waals surface area contributed by atoms with Gasteiger partial charge in [0.25, 0.3) is 0 Å². The number of esters is 1. The van der Waals surface area contributed by atoms with Gasteiger partial charge in [0.2, 0.25) is 0 Å². The zero-order chi connectivity index (χ0) is 19.9. The lowest BCUT2D eigenvalue weighted by Crippen LogP contribution is -2.00. The summed E-state index contributed by atoms with van der Waals surface area (Å²) in [4.78, 5) is 11.4. The summed E-state index contributed by atoms with van der Waals surface area (Å²) < 4.78 is 4.69. The van der Waals surface area contributed by atoms with Crippen molar-refractivity contribution in [2.75, 3.05) is 7.11 Å². The number of phenolic OH excluding ortho intramolecular Hbond substituents is 2. The van der Waals surface area contributed by atoms with Crippen LogP contribution in [0.2, 0.25) is 0 Å². The first-order valence-electron chi connectivity index (χ1n) is 8.72. The third kappa shape index (κ3) is 4.89. The van der Waals surface area contributed by atoms with Crippen LogP contribution in [0.4, 0.5) is 0 Å². The van der Waals surface area contributed by atoms with E-state index in [9.17, 15) is 15.0 Å². The fourth-order valence-electron chi connectivity index (χ4n) is 2.60. The van der Waals surface area contributed by atoms with E-state index in [1.54, 1.807) is 18.2 Å². The molecule has 0 radical (unpaired) electrons. The Kier molecular flexibility index (Phi) is 5.92. The number of ether oxygens (including phenoxy) is 1. The van der Waals surface area contributed by atoms with Gasteiger partial charge in [0.15, 0.2) is 11.5 Å². The highest BCUT2D eigenvalue weighted by atomic mass is 16.5. The van der Waals surface area contributed by atoms with Crippen molar-refractivity contribution in [3.05, 3.63) is 94.5 Å². The minimum absolute atomic E-state index is 0.131. The minimum Gasteiger partial charge on any atom is -0.504 e. The minimum atomic E-state index is -0.346. The van der Waals surface area contributed by atoms with Crippen LogP contribution in [-0.4, -0.2) is 23.3 Å². The molecule has 0 bridgehead atoms. The quantitative estimate of drug-likeness (QED) is 0.366. The van der Waals surface area contributed by atoms with Crippen molar-refractivity contribution >= 4 is 30.3 Å². The third-order valence-corrected chi connectivity index (χ3v) is 4.20. The molecule has 28 heavy (non-hydrogen) atoms. The number of hydrogen-bond donors (Lipinski definition) is 2. The van der Waals surface area contributed by atoms with Gasteiger partial charge in [-0.2, -0.15) is 0 Å². The summed E-state index contributed by atoms with van der Waals surface area (Å²) in [7, 11) is 1.36. The molecule has 4 heteroatoms. The summed E-state index contributed by atoms with van der Waals surface area (Å²) in [6, 6.07) is 19.9. The van der Waals surface area contributed by atoms with E-state index in [4.69, 9.17) is 0 Å². The second kappa shape index (κ2) is 8.73. The van der Waals surface area contributed by atoms with Crippen LogP contribution < -0.4 is 0 Å². The van der Waals surface area contributed by atoms with Gasteiger partial charge < -0.3 is 14.9 Å². The molecule has 0 fully saturated rings. The number of rotatable bonds is 5. The molecule has 2 N–H and O–H groups in total. The Balaban J connectivity index is 1.65.